The molecule has 0 spiro atoms. The van der Waals surface area contributed by atoms with Crippen LogP contribution in [0, 0.1) is 5.92 Å². The summed E-state index contributed by atoms with van der Waals surface area (Å²) < 4.78 is 0. The number of anilines is 1. The molecule has 14 heavy (non-hydrogen) atoms. The molecule has 76 valence electrons. The SMILES string of the molecule is Nc1cc(Cl)cnc1[C@H](N)CC1CC1. The van der Waals surface area contributed by atoms with E-state index in [1.807, 2.05) is 0 Å². The number of hydrogen-bond donors (Lipinski definition) is 2. The largest absolute Gasteiger partial charge is 0.397 e. The first-order valence-corrected chi connectivity index (χ1v) is 5.21. The van der Waals surface area contributed by atoms with E-state index in [0.29, 0.717) is 10.7 Å². The molecule has 1 aliphatic carbocycles. The van der Waals surface area contributed by atoms with Crippen molar-refractivity contribution in [2.75, 3.05) is 5.73 Å². The molecule has 3 nitrogen and oxygen atoms in total. The second kappa shape index (κ2) is 3.75. The van der Waals surface area contributed by atoms with Gasteiger partial charge in [-0.05, 0) is 18.4 Å². The predicted octanol–water partition coefficient (Wildman–Crippen LogP) is 2.12. The van der Waals surface area contributed by atoms with Gasteiger partial charge in [0.15, 0.2) is 0 Å². The Bertz CT molecular complexity index is 336. The number of nitrogen functional groups attached to an aromatic ring is 1. The van der Waals surface area contributed by atoms with E-state index in [1.165, 1.54) is 12.8 Å². The Morgan fingerprint density at radius 3 is 2.86 bits per heavy atom. The van der Waals surface area contributed by atoms with E-state index in [0.717, 1.165) is 18.0 Å². The van der Waals surface area contributed by atoms with Crippen LogP contribution in [0.5, 0.6) is 0 Å². The van der Waals surface area contributed by atoms with Crippen molar-refractivity contribution in [3.05, 3.63) is 23.0 Å². The summed E-state index contributed by atoms with van der Waals surface area (Å²) in [5.74, 6) is 0.780. The highest BCUT2D eigenvalue weighted by molar-refractivity contribution is 6.30. The van der Waals surface area contributed by atoms with Crippen LogP contribution in [0.1, 0.15) is 31.0 Å². The lowest BCUT2D eigenvalue weighted by Crippen LogP contribution is -2.14. The zero-order valence-electron chi connectivity index (χ0n) is 7.91. The topological polar surface area (TPSA) is 64.9 Å². The van der Waals surface area contributed by atoms with Gasteiger partial charge in [-0.25, -0.2) is 0 Å². The van der Waals surface area contributed by atoms with Gasteiger partial charge in [-0.3, -0.25) is 4.98 Å². The van der Waals surface area contributed by atoms with E-state index in [2.05, 4.69) is 4.98 Å². The van der Waals surface area contributed by atoms with Crippen LogP contribution in [0.2, 0.25) is 5.02 Å². The molecule has 0 unspecified atom stereocenters. The number of nitrogens with zero attached hydrogens (tertiary/aromatic N) is 1. The molecule has 1 aromatic rings. The third kappa shape index (κ3) is 2.16. The quantitative estimate of drug-likeness (QED) is 0.805. The smallest absolute Gasteiger partial charge is 0.0800 e. The standard InChI is InChI=1S/C10H14ClN3/c11-7-4-9(13)10(14-5-7)8(12)3-6-1-2-6/h4-6,8H,1-3,12-13H2/t8-/m1/s1. The lowest BCUT2D eigenvalue weighted by Gasteiger charge is -2.12. The summed E-state index contributed by atoms with van der Waals surface area (Å²) in [4.78, 5) is 4.18. The molecule has 4 heteroatoms. The van der Waals surface area contributed by atoms with Gasteiger partial charge in [0.2, 0.25) is 0 Å². The fourth-order valence-corrected chi connectivity index (χ4v) is 1.77. The minimum Gasteiger partial charge on any atom is -0.397 e. The van der Waals surface area contributed by atoms with Crippen LogP contribution in [0.4, 0.5) is 5.69 Å². The molecule has 4 N–H and O–H groups in total. The van der Waals surface area contributed by atoms with E-state index in [1.54, 1.807) is 12.3 Å². The molecule has 1 heterocycles. The Morgan fingerprint density at radius 1 is 1.57 bits per heavy atom. The molecule has 1 atom stereocenters. The maximum absolute atomic E-state index is 6.00. The Labute approximate surface area is 88.5 Å². The maximum atomic E-state index is 6.00. The predicted molar refractivity (Wildman–Crippen MR) is 57.9 cm³/mol. The normalized spacial score (nSPS) is 18.1. The minimum atomic E-state index is -0.0419. The lowest BCUT2D eigenvalue weighted by molar-refractivity contribution is 0.585. The molecule has 2 rings (SSSR count). The maximum Gasteiger partial charge on any atom is 0.0800 e. The summed E-state index contributed by atoms with van der Waals surface area (Å²) in [7, 11) is 0. The third-order valence-electron chi connectivity index (χ3n) is 2.55. The zero-order valence-corrected chi connectivity index (χ0v) is 8.67. The molecule has 0 aromatic carbocycles. The first-order chi connectivity index (χ1) is 6.66. The Kier molecular flexibility index (Phi) is 2.61. The monoisotopic (exact) mass is 211 g/mol. The Balaban J connectivity index is 2.13. The lowest BCUT2D eigenvalue weighted by atomic mass is 10.1. The molecule has 1 fully saturated rings. The number of aromatic nitrogens is 1. The molecular formula is C10H14ClN3. The molecule has 0 bridgehead atoms. The highest BCUT2D eigenvalue weighted by Crippen LogP contribution is 2.37. The van der Waals surface area contributed by atoms with E-state index < -0.39 is 0 Å². The van der Waals surface area contributed by atoms with Crippen molar-refractivity contribution < 1.29 is 0 Å². The van der Waals surface area contributed by atoms with Crippen LogP contribution >= 0.6 is 11.6 Å². The molecule has 0 saturated heterocycles. The summed E-state index contributed by atoms with van der Waals surface area (Å²) in [5, 5.41) is 0.560. The number of rotatable bonds is 3. The Morgan fingerprint density at radius 2 is 2.29 bits per heavy atom. The van der Waals surface area contributed by atoms with Crippen molar-refractivity contribution in [1.82, 2.24) is 4.98 Å². The second-order valence-corrected chi connectivity index (χ2v) is 4.35. The molecule has 1 aromatic heterocycles. The molecule has 0 aliphatic heterocycles. The van der Waals surface area contributed by atoms with Crippen LogP contribution in [-0.2, 0) is 0 Å². The fourth-order valence-electron chi connectivity index (χ4n) is 1.60. The van der Waals surface area contributed by atoms with Gasteiger partial charge in [-0.2, -0.15) is 0 Å². The van der Waals surface area contributed by atoms with Crippen LogP contribution in [-0.4, -0.2) is 4.98 Å². The van der Waals surface area contributed by atoms with E-state index >= 15 is 0 Å². The summed E-state index contributed by atoms with van der Waals surface area (Å²) in [6, 6.07) is 1.66. The van der Waals surface area contributed by atoms with E-state index in [4.69, 9.17) is 23.1 Å². The molecule has 1 aliphatic rings. The number of pyridine rings is 1. The fraction of sp³-hybridized carbons (Fsp3) is 0.500. The highest BCUT2D eigenvalue weighted by Gasteiger charge is 2.25. The summed E-state index contributed by atoms with van der Waals surface area (Å²) in [6.07, 6.45) is 5.17. The van der Waals surface area contributed by atoms with Crippen molar-refractivity contribution in [2.24, 2.45) is 11.7 Å². The van der Waals surface area contributed by atoms with E-state index in [-0.39, 0.29) is 6.04 Å². The zero-order chi connectivity index (χ0) is 10.1. The summed E-state index contributed by atoms with van der Waals surface area (Å²) >= 11 is 5.76. The van der Waals surface area contributed by atoms with Gasteiger partial charge in [0.05, 0.1) is 16.4 Å². The van der Waals surface area contributed by atoms with Gasteiger partial charge in [0.1, 0.15) is 0 Å². The van der Waals surface area contributed by atoms with Crippen LogP contribution in [0.15, 0.2) is 12.3 Å². The first kappa shape index (κ1) is 9.74. The van der Waals surface area contributed by atoms with Crippen molar-refractivity contribution in [3.8, 4) is 0 Å². The average Bonchev–Trinajstić information content (AvgIpc) is 2.87. The van der Waals surface area contributed by atoms with Crippen molar-refractivity contribution in [2.45, 2.75) is 25.3 Å². The number of nitrogens with two attached hydrogens (primary N) is 2. The number of halogens is 1. The van der Waals surface area contributed by atoms with Crippen molar-refractivity contribution in [3.63, 3.8) is 0 Å². The second-order valence-electron chi connectivity index (χ2n) is 3.91. The van der Waals surface area contributed by atoms with Gasteiger partial charge in [0, 0.05) is 12.2 Å². The van der Waals surface area contributed by atoms with Gasteiger partial charge < -0.3 is 11.5 Å². The third-order valence-corrected chi connectivity index (χ3v) is 2.76. The minimum absolute atomic E-state index is 0.0419. The average molecular weight is 212 g/mol. The Hall–Kier alpha value is -0.800. The van der Waals surface area contributed by atoms with Crippen LogP contribution in [0.25, 0.3) is 0 Å². The molecular weight excluding hydrogens is 198 g/mol. The van der Waals surface area contributed by atoms with Crippen LogP contribution < -0.4 is 11.5 Å². The first-order valence-electron chi connectivity index (χ1n) is 4.83. The van der Waals surface area contributed by atoms with Gasteiger partial charge in [-0.1, -0.05) is 24.4 Å². The molecule has 1 saturated carbocycles. The van der Waals surface area contributed by atoms with Gasteiger partial charge >= 0.3 is 0 Å². The molecule has 0 radical (unpaired) electrons. The van der Waals surface area contributed by atoms with Crippen LogP contribution in [0.3, 0.4) is 0 Å². The van der Waals surface area contributed by atoms with Gasteiger partial charge in [-0.15, -0.1) is 0 Å². The van der Waals surface area contributed by atoms with E-state index in [9.17, 15) is 0 Å². The molecule has 0 amide bonds. The summed E-state index contributed by atoms with van der Waals surface area (Å²) in [5.41, 5.74) is 13.2. The summed E-state index contributed by atoms with van der Waals surface area (Å²) in [6.45, 7) is 0. The highest BCUT2D eigenvalue weighted by atomic mass is 35.5. The van der Waals surface area contributed by atoms with Gasteiger partial charge in [0.25, 0.3) is 0 Å². The number of hydrogen-bond acceptors (Lipinski definition) is 3. The van der Waals surface area contributed by atoms with Crippen molar-refractivity contribution >= 4 is 17.3 Å². The van der Waals surface area contributed by atoms with Crippen molar-refractivity contribution in [1.29, 1.82) is 0 Å².